The van der Waals surface area contributed by atoms with Crippen molar-refractivity contribution < 1.29 is 37.3 Å². The number of phosphoric ester groups is 1. The molecule has 5 atom stereocenters. The zero-order chi connectivity index (χ0) is 29.4. The molecular weight excluding hydrogens is 529 g/mol. The van der Waals surface area contributed by atoms with E-state index in [1.807, 2.05) is 0 Å². The van der Waals surface area contributed by atoms with Crippen LogP contribution in [0.5, 0.6) is 0 Å². The number of phosphoric acid groups is 1. The van der Waals surface area contributed by atoms with Gasteiger partial charge in [-0.15, -0.1) is 0 Å². The Bertz CT molecular complexity index is 733. The van der Waals surface area contributed by atoms with Crippen LogP contribution in [0.2, 0.25) is 0 Å². The predicted octanol–water partition coefficient (Wildman–Crippen LogP) is 7.08. The third-order valence-electron chi connectivity index (χ3n) is 9.12. The Balaban J connectivity index is 1.56. The Morgan fingerprint density at radius 2 is 1.35 bits per heavy atom. The van der Waals surface area contributed by atoms with Crippen molar-refractivity contribution in [3.63, 3.8) is 0 Å². The van der Waals surface area contributed by atoms with Gasteiger partial charge >= 0.3 is 5.97 Å². The molecule has 0 N–H and O–H groups in total. The molecule has 0 aromatic carbocycles. The van der Waals surface area contributed by atoms with Gasteiger partial charge in [0.1, 0.15) is 6.10 Å². The van der Waals surface area contributed by atoms with Crippen LogP contribution in [-0.2, 0) is 27.9 Å². The SMILES string of the molecule is CCCCCCCCCCCCCCCCOCC(OC(C)=O)C(C)OP(=O)([O-])OC1CC2CCC(C1)[N+]2(C)C. The lowest BCUT2D eigenvalue weighted by atomic mass is 9.98. The smallest absolute Gasteiger partial charge is 0.303 e. The molecule has 0 amide bonds. The summed E-state index contributed by atoms with van der Waals surface area (Å²) in [5.74, 6) is -0.494. The summed E-state index contributed by atoms with van der Waals surface area (Å²) in [5, 5.41) is 0. The standard InChI is InChI=1S/C31H60NO7P/c1-6-7-8-9-10-11-12-13-14-15-16-17-18-19-22-36-25-31(37-27(3)33)26(2)38-40(34,35)39-30-23-28-20-21-29(24-30)32(28,4)5/h26,28-31H,6-25H2,1-5H3. The number of hydrogen-bond acceptors (Lipinski definition) is 7. The molecule has 0 aliphatic carbocycles. The maximum absolute atomic E-state index is 12.7. The number of carbonyl (C=O) groups excluding carboxylic acids is 1. The summed E-state index contributed by atoms with van der Waals surface area (Å²) in [4.78, 5) is 24.4. The first-order valence-corrected chi connectivity index (χ1v) is 17.8. The summed E-state index contributed by atoms with van der Waals surface area (Å²) in [7, 11) is -0.124. The Kier molecular flexibility index (Phi) is 16.9. The number of esters is 1. The average Bonchev–Trinajstić information content (AvgIpc) is 3.02. The summed E-state index contributed by atoms with van der Waals surface area (Å²) in [6.45, 7) is 5.80. The first-order valence-electron chi connectivity index (χ1n) is 16.3. The second-order valence-electron chi connectivity index (χ2n) is 12.8. The fourth-order valence-corrected chi connectivity index (χ4v) is 7.60. The molecule has 2 aliphatic heterocycles. The maximum Gasteiger partial charge on any atom is 0.303 e. The molecule has 0 radical (unpaired) electrons. The lowest BCUT2D eigenvalue weighted by Crippen LogP contribution is -2.56. The quantitative estimate of drug-likeness (QED) is 0.0544. The number of hydrogen-bond donors (Lipinski definition) is 0. The number of unbranched alkanes of at least 4 members (excludes halogenated alkanes) is 13. The Labute approximate surface area is 245 Å². The van der Waals surface area contributed by atoms with Crippen LogP contribution in [-0.4, -0.2) is 68.2 Å². The van der Waals surface area contributed by atoms with E-state index < -0.39 is 26.0 Å². The monoisotopic (exact) mass is 589 g/mol. The molecule has 9 heteroatoms. The van der Waals surface area contributed by atoms with Gasteiger partial charge in [0.25, 0.3) is 7.82 Å². The van der Waals surface area contributed by atoms with E-state index in [-0.39, 0.29) is 12.7 Å². The number of rotatable bonds is 23. The molecule has 0 aromatic rings. The van der Waals surface area contributed by atoms with Gasteiger partial charge in [0, 0.05) is 39.2 Å². The van der Waals surface area contributed by atoms with Crippen LogP contribution < -0.4 is 4.89 Å². The molecule has 2 saturated heterocycles. The zero-order valence-electron chi connectivity index (χ0n) is 26.3. The number of fused-ring (bicyclic) bond motifs is 2. The predicted molar refractivity (Wildman–Crippen MR) is 158 cm³/mol. The van der Waals surface area contributed by atoms with Crippen LogP contribution in [0.15, 0.2) is 0 Å². The Morgan fingerprint density at radius 3 is 1.82 bits per heavy atom. The highest BCUT2D eigenvalue weighted by molar-refractivity contribution is 7.45. The fourth-order valence-electron chi connectivity index (χ4n) is 6.47. The molecule has 2 aliphatic rings. The van der Waals surface area contributed by atoms with Gasteiger partial charge in [-0.3, -0.25) is 9.36 Å². The molecule has 0 aromatic heterocycles. The van der Waals surface area contributed by atoms with Crippen molar-refractivity contribution in [3.05, 3.63) is 0 Å². The topological polar surface area (TPSA) is 94.1 Å². The van der Waals surface area contributed by atoms with E-state index >= 15 is 0 Å². The lowest BCUT2D eigenvalue weighted by Gasteiger charge is -2.45. The van der Waals surface area contributed by atoms with Crippen molar-refractivity contribution in [2.45, 2.75) is 167 Å². The van der Waals surface area contributed by atoms with E-state index in [1.54, 1.807) is 6.92 Å². The Hall–Kier alpha value is -0.500. The van der Waals surface area contributed by atoms with Crippen molar-refractivity contribution in [1.29, 1.82) is 0 Å². The highest BCUT2D eigenvalue weighted by Crippen LogP contribution is 2.48. The van der Waals surface area contributed by atoms with Crippen molar-refractivity contribution in [2.24, 2.45) is 0 Å². The maximum atomic E-state index is 12.7. The van der Waals surface area contributed by atoms with Crippen LogP contribution in [0.25, 0.3) is 0 Å². The second-order valence-corrected chi connectivity index (χ2v) is 14.1. The summed E-state index contributed by atoms with van der Waals surface area (Å²) >= 11 is 0. The van der Waals surface area contributed by atoms with Crippen molar-refractivity contribution in [1.82, 2.24) is 0 Å². The highest BCUT2D eigenvalue weighted by Gasteiger charge is 2.50. The highest BCUT2D eigenvalue weighted by atomic mass is 31.2. The van der Waals surface area contributed by atoms with Crippen LogP contribution >= 0.6 is 7.82 Å². The van der Waals surface area contributed by atoms with Gasteiger partial charge in [-0.05, 0) is 13.3 Å². The minimum Gasteiger partial charge on any atom is -0.756 e. The molecule has 236 valence electrons. The third-order valence-corrected chi connectivity index (χ3v) is 10.3. The van der Waals surface area contributed by atoms with Crippen molar-refractivity contribution in [3.8, 4) is 0 Å². The van der Waals surface area contributed by atoms with Gasteiger partial charge in [-0.2, -0.15) is 0 Å². The summed E-state index contributed by atoms with van der Waals surface area (Å²) < 4.78 is 35.6. The van der Waals surface area contributed by atoms with E-state index in [2.05, 4.69) is 21.0 Å². The van der Waals surface area contributed by atoms with Crippen LogP contribution in [0.3, 0.4) is 0 Å². The van der Waals surface area contributed by atoms with Gasteiger partial charge in [-0.25, -0.2) is 0 Å². The largest absolute Gasteiger partial charge is 0.756 e. The molecule has 2 fully saturated rings. The summed E-state index contributed by atoms with van der Waals surface area (Å²) in [6, 6.07) is 0.830. The van der Waals surface area contributed by atoms with E-state index in [1.165, 1.54) is 84.0 Å². The molecular formula is C31H60NO7P. The van der Waals surface area contributed by atoms with E-state index in [0.29, 0.717) is 31.5 Å². The van der Waals surface area contributed by atoms with Gasteiger partial charge in [-0.1, -0.05) is 90.4 Å². The van der Waals surface area contributed by atoms with Crippen molar-refractivity contribution in [2.75, 3.05) is 27.3 Å². The first kappa shape index (κ1) is 35.7. The van der Waals surface area contributed by atoms with E-state index in [0.717, 1.165) is 30.2 Å². The molecule has 5 unspecified atom stereocenters. The van der Waals surface area contributed by atoms with Gasteiger partial charge in [0.2, 0.25) is 0 Å². The summed E-state index contributed by atoms with van der Waals surface area (Å²) in [5.41, 5.74) is 0. The minimum atomic E-state index is -4.56. The van der Waals surface area contributed by atoms with Gasteiger partial charge < -0.3 is 27.9 Å². The van der Waals surface area contributed by atoms with Crippen molar-refractivity contribution >= 4 is 13.8 Å². The molecule has 40 heavy (non-hydrogen) atoms. The normalized spacial score (nSPS) is 24.9. The summed E-state index contributed by atoms with van der Waals surface area (Å²) in [6.07, 6.45) is 19.7. The molecule has 2 rings (SSSR count). The number of carbonyl (C=O) groups is 1. The number of piperidine rings is 1. The number of quaternary nitrogens is 1. The van der Waals surface area contributed by atoms with Gasteiger partial charge in [0.15, 0.2) is 6.10 Å². The minimum absolute atomic E-state index is 0.0957. The van der Waals surface area contributed by atoms with Crippen LogP contribution in [0.4, 0.5) is 0 Å². The van der Waals surface area contributed by atoms with E-state index in [4.69, 9.17) is 18.5 Å². The molecule has 8 nitrogen and oxygen atoms in total. The third kappa shape index (κ3) is 13.6. The Morgan fingerprint density at radius 1 is 0.875 bits per heavy atom. The zero-order valence-corrected chi connectivity index (χ0v) is 27.2. The first-order chi connectivity index (χ1) is 19.0. The number of nitrogens with zero attached hydrogens (tertiary/aromatic N) is 1. The molecule has 0 saturated carbocycles. The fraction of sp³-hybridized carbons (Fsp3) is 0.968. The van der Waals surface area contributed by atoms with Gasteiger partial charge in [0.05, 0.1) is 38.9 Å². The second kappa shape index (κ2) is 18.9. The van der Waals surface area contributed by atoms with Crippen LogP contribution in [0.1, 0.15) is 136 Å². The van der Waals surface area contributed by atoms with E-state index in [9.17, 15) is 14.3 Å². The molecule has 2 heterocycles. The van der Waals surface area contributed by atoms with Crippen LogP contribution in [0, 0.1) is 0 Å². The lowest BCUT2D eigenvalue weighted by molar-refractivity contribution is -0.931. The molecule has 0 spiro atoms. The molecule has 2 bridgehead atoms. The number of ether oxygens (including phenoxy) is 2. The average molecular weight is 590 g/mol.